The number of benzene rings is 3. The number of anilines is 2. The van der Waals surface area contributed by atoms with Crippen LogP contribution in [0.3, 0.4) is 0 Å². The van der Waals surface area contributed by atoms with E-state index in [1.54, 1.807) is 43.3 Å². The fourth-order valence-corrected chi connectivity index (χ4v) is 9.09. The molecule has 236 valence electrons. The van der Waals surface area contributed by atoms with Crippen LogP contribution >= 0.6 is 50.1 Å². The number of halogens is 4. The van der Waals surface area contributed by atoms with Crippen LogP contribution in [0.1, 0.15) is 31.2 Å². The maximum Gasteiger partial charge on any atom is 0.241 e. The first-order chi connectivity index (χ1) is 21.9. The van der Waals surface area contributed by atoms with E-state index in [0.29, 0.717) is 14.8 Å². The predicted octanol–water partition coefficient (Wildman–Crippen LogP) is 7.00. The lowest BCUT2D eigenvalue weighted by Crippen LogP contribution is -2.48. The molecule has 0 unspecified atom stereocenters. The van der Waals surface area contributed by atoms with Gasteiger partial charge in [-0.1, -0.05) is 39.2 Å². The molecular weight excluding hydrogens is 794 g/mol. The number of carbonyl (C=O) groups is 4. The molecule has 0 radical (unpaired) electrons. The number of ether oxygens (including phenoxy) is 1. The van der Waals surface area contributed by atoms with Gasteiger partial charge in [-0.05, 0) is 108 Å². The number of allylic oxidation sites excluding steroid dienone is 2. The third kappa shape index (κ3) is 4.41. The normalized spacial score (nSPS) is 28.7. The highest BCUT2D eigenvalue weighted by atomic mass is 127. The summed E-state index contributed by atoms with van der Waals surface area (Å²) in [4.78, 5) is 59.2. The van der Waals surface area contributed by atoms with Crippen molar-refractivity contribution in [2.24, 2.45) is 29.1 Å². The first-order valence-electron chi connectivity index (χ1n) is 14.6. The topological polar surface area (TPSA) is 104 Å². The van der Waals surface area contributed by atoms with E-state index in [1.807, 2.05) is 28.7 Å². The quantitative estimate of drug-likeness (QED) is 0.173. The monoisotopic (exact) mass is 818 g/mol. The number of amides is 4. The molecule has 6 atom stereocenters. The Morgan fingerprint density at radius 2 is 1.67 bits per heavy atom. The third-order valence-corrected chi connectivity index (χ3v) is 11.8. The molecule has 2 saturated heterocycles. The molecule has 2 aliphatic heterocycles. The third-order valence-electron chi connectivity index (χ3n) is 10.1. The van der Waals surface area contributed by atoms with Crippen molar-refractivity contribution in [1.29, 1.82) is 0 Å². The number of carbonyl (C=O) groups excluding carboxylic acids is 4. The van der Waals surface area contributed by atoms with Crippen LogP contribution in [0.15, 0.2) is 70.7 Å². The molecule has 3 aromatic carbocycles. The summed E-state index contributed by atoms with van der Waals surface area (Å²) < 4.78 is 20.9. The molecule has 4 aliphatic rings. The highest BCUT2D eigenvalue weighted by Gasteiger charge is 2.67. The minimum atomic E-state index is -1.32. The smallest absolute Gasteiger partial charge is 0.241 e. The SMILES string of the molecule is COc1cc([C@H]2C3=CC[C@@H]4C(=O)N(c5ccc(Br)cc5)C(=O)[C@@H]4[C@@H]3C[C@H]3C(=O)N(c4ccc(F)c(Cl)c4)C(=O)[C@@]23C)cc(I)c1O. The second-order valence-electron chi connectivity index (χ2n) is 12.3. The van der Waals surface area contributed by atoms with Gasteiger partial charge in [-0.15, -0.1) is 0 Å². The minimum absolute atomic E-state index is 0.0586. The Hall–Kier alpha value is -3.29. The summed E-state index contributed by atoms with van der Waals surface area (Å²) in [6, 6.07) is 14.1. The van der Waals surface area contributed by atoms with Crippen molar-refractivity contribution in [1.82, 2.24) is 0 Å². The van der Waals surface area contributed by atoms with Gasteiger partial charge in [0.05, 0.1) is 50.2 Å². The van der Waals surface area contributed by atoms with E-state index in [9.17, 15) is 28.7 Å². The van der Waals surface area contributed by atoms with Gasteiger partial charge in [-0.3, -0.25) is 24.1 Å². The van der Waals surface area contributed by atoms with E-state index in [0.717, 1.165) is 21.0 Å². The zero-order chi connectivity index (χ0) is 32.8. The molecule has 0 aromatic heterocycles. The largest absolute Gasteiger partial charge is 0.504 e. The molecular formula is C34H26BrClFIN2O6. The lowest BCUT2D eigenvalue weighted by Gasteiger charge is -2.49. The molecule has 4 amide bonds. The van der Waals surface area contributed by atoms with Crippen LogP contribution < -0.4 is 14.5 Å². The number of rotatable bonds is 4. The Labute approximate surface area is 290 Å². The summed E-state index contributed by atoms with van der Waals surface area (Å²) in [6.07, 6.45) is 2.40. The zero-order valence-electron chi connectivity index (χ0n) is 24.5. The van der Waals surface area contributed by atoms with E-state index in [4.69, 9.17) is 16.3 Å². The summed E-state index contributed by atoms with van der Waals surface area (Å²) in [5.41, 5.74) is 0.715. The van der Waals surface area contributed by atoms with Crippen LogP contribution in [-0.2, 0) is 19.2 Å². The Kier molecular flexibility index (Phi) is 7.60. The van der Waals surface area contributed by atoms with Gasteiger partial charge in [0, 0.05) is 10.4 Å². The molecule has 1 N–H and O–H groups in total. The van der Waals surface area contributed by atoms with E-state index in [1.165, 1.54) is 24.1 Å². The molecule has 0 bridgehead atoms. The number of hydrogen-bond acceptors (Lipinski definition) is 6. The van der Waals surface area contributed by atoms with Gasteiger partial charge < -0.3 is 9.84 Å². The molecule has 3 aromatic rings. The summed E-state index contributed by atoms with van der Waals surface area (Å²) in [6.45, 7) is 1.75. The standard InChI is InChI=1S/C34H26BrClFIN2O6/c1-34-22(31(43)40(33(34)45)18-7-10-24(37)23(36)13-18)14-21-19(28(34)15-11-25(38)29(41)26(12-15)46-2)8-9-20-27(21)32(44)39(30(20)42)17-5-3-16(35)4-6-17/h3-8,10-13,20-22,27-28,41H,9,14H2,1-2H3/t20-,21+,22-,27-,28-,34+/m0/s1. The van der Waals surface area contributed by atoms with Crippen LogP contribution in [0.25, 0.3) is 0 Å². The van der Waals surface area contributed by atoms with Gasteiger partial charge in [0.1, 0.15) is 5.82 Å². The Morgan fingerprint density at radius 3 is 2.35 bits per heavy atom. The maximum absolute atomic E-state index is 14.6. The summed E-state index contributed by atoms with van der Waals surface area (Å²) in [7, 11) is 1.43. The van der Waals surface area contributed by atoms with Crippen LogP contribution in [0.4, 0.5) is 15.8 Å². The fraction of sp³-hybridized carbons (Fsp3) is 0.294. The highest BCUT2D eigenvalue weighted by Crippen LogP contribution is 2.64. The van der Waals surface area contributed by atoms with E-state index >= 15 is 0 Å². The van der Waals surface area contributed by atoms with Gasteiger partial charge in [0.2, 0.25) is 23.6 Å². The van der Waals surface area contributed by atoms with Crippen molar-refractivity contribution >= 4 is 85.1 Å². The van der Waals surface area contributed by atoms with E-state index in [2.05, 4.69) is 15.9 Å². The van der Waals surface area contributed by atoms with Crippen molar-refractivity contribution in [2.75, 3.05) is 16.9 Å². The van der Waals surface area contributed by atoms with Crippen molar-refractivity contribution in [2.45, 2.75) is 25.7 Å². The number of hydrogen-bond donors (Lipinski definition) is 1. The Bertz CT molecular complexity index is 1900. The second-order valence-corrected chi connectivity index (χ2v) is 14.8. The van der Waals surface area contributed by atoms with Crippen molar-refractivity contribution in [3.05, 3.63) is 90.7 Å². The molecule has 7 rings (SSSR count). The van der Waals surface area contributed by atoms with Crippen LogP contribution in [0.5, 0.6) is 11.5 Å². The predicted molar refractivity (Wildman–Crippen MR) is 180 cm³/mol. The molecule has 0 spiro atoms. The van der Waals surface area contributed by atoms with Crippen LogP contribution in [-0.4, -0.2) is 35.8 Å². The number of aromatic hydroxyl groups is 1. The number of imide groups is 2. The number of fused-ring (bicyclic) bond motifs is 4. The first kappa shape index (κ1) is 31.3. The summed E-state index contributed by atoms with van der Waals surface area (Å²) in [5.74, 6) is -5.61. The molecule has 46 heavy (non-hydrogen) atoms. The zero-order valence-corrected chi connectivity index (χ0v) is 29.0. The van der Waals surface area contributed by atoms with Crippen molar-refractivity contribution in [3.8, 4) is 11.5 Å². The number of nitrogens with zero attached hydrogens (tertiary/aromatic N) is 2. The molecule has 12 heteroatoms. The summed E-state index contributed by atoms with van der Waals surface area (Å²) >= 11 is 11.5. The van der Waals surface area contributed by atoms with Gasteiger partial charge in [-0.2, -0.15) is 0 Å². The number of phenols is 1. The van der Waals surface area contributed by atoms with Gasteiger partial charge in [-0.25, -0.2) is 9.29 Å². The average molecular weight is 820 g/mol. The molecule has 8 nitrogen and oxygen atoms in total. The van der Waals surface area contributed by atoms with Gasteiger partial charge in [0.25, 0.3) is 0 Å². The molecule has 2 heterocycles. The second kappa shape index (κ2) is 11.2. The maximum atomic E-state index is 14.6. The first-order valence-corrected chi connectivity index (χ1v) is 16.9. The minimum Gasteiger partial charge on any atom is -0.504 e. The Morgan fingerprint density at radius 1 is 0.978 bits per heavy atom. The lowest BCUT2D eigenvalue weighted by molar-refractivity contribution is -0.131. The van der Waals surface area contributed by atoms with E-state index in [-0.39, 0.29) is 46.9 Å². The van der Waals surface area contributed by atoms with Gasteiger partial charge in [0.15, 0.2) is 11.5 Å². The van der Waals surface area contributed by atoms with Crippen LogP contribution in [0, 0.1) is 38.5 Å². The van der Waals surface area contributed by atoms with E-state index < -0.39 is 52.6 Å². The highest BCUT2D eigenvalue weighted by molar-refractivity contribution is 14.1. The Balaban J connectivity index is 1.39. The molecule has 1 saturated carbocycles. The summed E-state index contributed by atoms with van der Waals surface area (Å²) in [5, 5.41) is 10.4. The molecule has 2 aliphatic carbocycles. The molecule has 3 fully saturated rings. The van der Waals surface area contributed by atoms with Gasteiger partial charge >= 0.3 is 0 Å². The average Bonchev–Trinajstić information content (AvgIpc) is 3.40. The number of methoxy groups -OCH3 is 1. The van der Waals surface area contributed by atoms with Crippen LogP contribution in [0.2, 0.25) is 5.02 Å². The lowest BCUT2D eigenvalue weighted by atomic mass is 9.51. The van der Waals surface area contributed by atoms with Crippen molar-refractivity contribution < 1.29 is 33.4 Å². The fourth-order valence-electron chi connectivity index (χ4n) is 8.03. The van der Waals surface area contributed by atoms with Crippen molar-refractivity contribution in [3.63, 3.8) is 0 Å². The number of phenolic OH excluding ortho intramolecular Hbond substituents is 1.